The van der Waals surface area contributed by atoms with Crippen LogP contribution in [0.25, 0.3) is 10.9 Å². The van der Waals surface area contributed by atoms with E-state index < -0.39 is 10.0 Å². The fraction of sp³-hybridized carbons (Fsp3) is 0.286. The third-order valence-corrected chi connectivity index (χ3v) is 7.88. The van der Waals surface area contributed by atoms with Crippen molar-refractivity contribution in [3.05, 3.63) is 59.3 Å². The van der Waals surface area contributed by atoms with Crippen molar-refractivity contribution in [2.45, 2.75) is 24.3 Å². The molecule has 1 amide bonds. The van der Waals surface area contributed by atoms with E-state index >= 15 is 0 Å². The van der Waals surface area contributed by atoms with Gasteiger partial charge < -0.3 is 9.47 Å². The second-order valence-corrected chi connectivity index (χ2v) is 9.45. The Bertz CT molecular complexity index is 1240. The fourth-order valence-electron chi connectivity index (χ4n) is 4.47. The number of para-hydroxylation sites is 1. The van der Waals surface area contributed by atoms with Crippen molar-refractivity contribution in [1.82, 2.24) is 8.87 Å². The molecule has 0 N–H and O–H groups in total. The molecule has 2 aliphatic heterocycles. The predicted octanol–water partition coefficient (Wildman–Crippen LogP) is 2.44. The van der Waals surface area contributed by atoms with Crippen molar-refractivity contribution in [1.29, 1.82) is 0 Å². The third kappa shape index (κ3) is 2.36. The summed E-state index contributed by atoms with van der Waals surface area (Å²) in [6.07, 6.45) is 0.939. The van der Waals surface area contributed by atoms with Crippen molar-refractivity contribution in [2.75, 3.05) is 18.5 Å². The Hall–Kier alpha value is -2.64. The first kappa shape index (κ1) is 17.5. The average Bonchev–Trinajstić information content (AvgIpc) is 3.15. The number of rotatable bonds is 2. The van der Waals surface area contributed by atoms with Gasteiger partial charge in [0, 0.05) is 55.9 Å². The molecule has 3 heterocycles. The fourth-order valence-corrected chi connectivity index (χ4v) is 5.93. The molecule has 2 aliphatic rings. The Kier molecular flexibility index (Phi) is 3.70. The van der Waals surface area contributed by atoms with Gasteiger partial charge in [-0.15, -0.1) is 0 Å². The summed E-state index contributed by atoms with van der Waals surface area (Å²) >= 11 is 0. The second-order valence-electron chi connectivity index (χ2n) is 7.51. The Labute approximate surface area is 164 Å². The van der Waals surface area contributed by atoms with E-state index in [9.17, 15) is 13.2 Å². The normalized spacial score (nSPS) is 17.2. The lowest BCUT2D eigenvalue weighted by Gasteiger charge is -2.27. The summed E-state index contributed by atoms with van der Waals surface area (Å²) < 4.78 is 30.4. The molecule has 6 nitrogen and oxygen atoms in total. The van der Waals surface area contributed by atoms with Gasteiger partial charge in [-0.3, -0.25) is 4.79 Å². The van der Waals surface area contributed by atoms with Crippen LogP contribution in [0, 0.1) is 0 Å². The summed E-state index contributed by atoms with van der Waals surface area (Å²) in [5, 5.41) is 1.11. The van der Waals surface area contributed by atoms with Crippen LogP contribution in [0.1, 0.15) is 16.8 Å². The monoisotopic (exact) mass is 395 g/mol. The molecular formula is C21H21N3O3S. The largest absolute Gasteiger partial charge is 0.347 e. The van der Waals surface area contributed by atoms with Gasteiger partial charge in [-0.1, -0.05) is 18.2 Å². The van der Waals surface area contributed by atoms with Crippen molar-refractivity contribution in [2.24, 2.45) is 7.05 Å². The molecule has 144 valence electrons. The van der Waals surface area contributed by atoms with E-state index in [2.05, 4.69) is 16.7 Å². The lowest BCUT2D eigenvalue weighted by Crippen LogP contribution is -2.36. The minimum Gasteiger partial charge on any atom is -0.347 e. The number of fused-ring (bicyclic) bond motifs is 4. The first-order valence-electron chi connectivity index (χ1n) is 9.33. The number of amides is 1. The number of hydrogen-bond donors (Lipinski definition) is 0. The number of sulfonamides is 1. The summed E-state index contributed by atoms with van der Waals surface area (Å²) in [6, 6.07) is 13.1. The highest BCUT2D eigenvalue weighted by molar-refractivity contribution is 7.89. The van der Waals surface area contributed by atoms with E-state index in [4.69, 9.17) is 0 Å². The number of benzene rings is 2. The van der Waals surface area contributed by atoms with Crippen LogP contribution in [0.4, 0.5) is 5.69 Å². The third-order valence-electron chi connectivity index (χ3n) is 6.04. The van der Waals surface area contributed by atoms with Crippen molar-refractivity contribution in [3.63, 3.8) is 0 Å². The van der Waals surface area contributed by atoms with E-state index in [-0.39, 0.29) is 17.2 Å². The van der Waals surface area contributed by atoms with Crippen LogP contribution >= 0.6 is 0 Å². The van der Waals surface area contributed by atoms with Crippen LogP contribution in [0.5, 0.6) is 0 Å². The van der Waals surface area contributed by atoms with Crippen LogP contribution in [-0.2, 0) is 41.3 Å². The predicted molar refractivity (Wildman–Crippen MR) is 108 cm³/mol. The highest BCUT2D eigenvalue weighted by Gasteiger charge is 2.33. The molecule has 0 unspecified atom stereocenters. The summed E-state index contributed by atoms with van der Waals surface area (Å²) in [5.74, 6) is -0.0112. The quantitative estimate of drug-likeness (QED) is 0.670. The van der Waals surface area contributed by atoms with Gasteiger partial charge in [0.2, 0.25) is 15.9 Å². The average molecular weight is 395 g/mol. The lowest BCUT2D eigenvalue weighted by atomic mass is 10.1. The molecule has 28 heavy (non-hydrogen) atoms. The number of hydrogen-bond acceptors (Lipinski definition) is 3. The lowest BCUT2D eigenvalue weighted by molar-refractivity contribution is -0.117. The molecule has 0 bridgehead atoms. The maximum absolute atomic E-state index is 13.3. The topological polar surface area (TPSA) is 62.6 Å². The van der Waals surface area contributed by atoms with E-state index in [0.29, 0.717) is 19.5 Å². The van der Waals surface area contributed by atoms with Gasteiger partial charge in [0.1, 0.15) is 0 Å². The van der Waals surface area contributed by atoms with Gasteiger partial charge in [-0.2, -0.15) is 4.31 Å². The molecule has 0 aliphatic carbocycles. The van der Waals surface area contributed by atoms with Gasteiger partial charge in [-0.05, 0) is 35.4 Å². The van der Waals surface area contributed by atoms with Crippen LogP contribution < -0.4 is 4.90 Å². The first-order chi connectivity index (χ1) is 13.4. The number of carbonyl (C=O) groups excluding carboxylic acids is 1. The van der Waals surface area contributed by atoms with E-state index in [1.807, 2.05) is 19.2 Å². The Balaban J connectivity index is 1.53. The number of aryl methyl sites for hydroxylation is 1. The zero-order valence-electron chi connectivity index (χ0n) is 15.8. The molecule has 0 radical (unpaired) electrons. The molecule has 1 aromatic heterocycles. The zero-order chi connectivity index (χ0) is 19.6. The highest BCUT2D eigenvalue weighted by Crippen LogP contribution is 2.34. The molecule has 0 spiro atoms. The highest BCUT2D eigenvalue weighted by atomic mass is 32.2. The maximum atomic E-state index is 13.3. The summed E-state index contributed by atoms with van der Waals surface area (Å²) in [5.41, 5.74) is 4.99. The number of carbonyl (C=O) groups is 1. The standard InChI is InChI=1S/C21H21N3O3S/c1-22-19-6-4-3-5-16(19)17-13-24(10-9-20(17)22)28(26,27)15-7-8-18-14(11-15)12-21(25)23(18)2/h3-8,11H,9-10,12-13H2,1-2H3. The summed E-state index contributed by atoms with van der Waals surface area (Å²) in [7, 11) is 0.132. The summed E-state index contributed by atoms with van der Waals surface area (Å²) in [6.45, 7) is 0.824. The van der Waals surface area contributed by atoms with Crippen LogP contribution in [-0.4, -0.2) is 36.8 Å². The molecular weight excluding hydrogens is 374 g/mol. The van der Waals surface area contributed by atoms with Crippen LogP contribution in [0.2, 0.25) is 0 Å². The number of likely N-dealkylation sites (N-methyl/N-ethyl adjacent to an activating group) is 1. The van der Waals surface area contributed by atoms with Crippen LogP contribution in [0.3, 0.4) is 0 Å². The Morgan fingerprint density at radius 1 is 1.04 bits per heavy atom. The van der Waals surface area contributed by atoms with Crippen molar-refractivity contribution >= 4 is 32.5 Å². The zero-order valence-corrected chi connectivity index (χ0v) is 16.7. The van der Waals surface area contributed by atoms with Gasteiger partial charge in [0.25, 0.3) is 0 Å². The summed E-state index contributed by atoms with van der Waals surface area (Å²) in [4.78, 5) is 13.8. The Morgan fingerprint density at radius 2 is 1.82 bits per heavy atom. The molecule has 0 saturated heterocycles. The van der Waals surface area contributed by atoms with Crippen LogP contribution in [0.15, 0.2) is 47.4 Å². The SMILES string of the molecule is CN1C(=O)Cc2cc(S(=O)(=O)N3CCc4c(c5ccccc5n4C)C3)ccc21. The van der Waals surface area contributed by atoms with Crippen molar-refractivity contribution < 1.29 is 13.2 Å². The van der Waals surface area contributed by atoms with Gasteiger partial charge in [-0.25, -0.2) is 8.42 Å². The molecule has 2 aromatic carbocycles. The minimum atomic E-state index is -3.63. The minimum absolute atomic E-state index is 0.0112. The smallest absolute Gasteiger partial charge is 0.243 e. The van der Waals surface area contributed by atoms with Gasteiger partial charge >= 0.3 is 0 Å². The van der Waals surface area contributed by atoms with E-state index in [1.54, 1.807) is 34.5 Å². The molecule has 0 saturated carbocycles. The Morgan fingerprint density at radius 3 is 2.64 bits per heavy atom. The van der Waals surface area contributed by atoms with Gasteiger partial charge in [0.05, 0.1) is 11.3 Å². The maximum Gasteiger partial charge on any atom is 0.243 e. The number of aromatic nitrogens is 1. The first-order valence-corrected chi connectivity index (χ1v) is 10.8. The molecule has 5 rings (SSSR count). The second kappa shape index (κ2) is 5.93. The number of anilines is 1. The molecule has 7 heteroatoms. The molecule has 0 atom stereocenters. The van der Waals surface area contributed by atoms with Gasteiger partial charge in [0.15, 0.2) is 0 Å². The molecule has 0 fully saturated rings. The number of nitrogens with zero attached hydrogens (tertiary/aromatic N) is 3. The van der Waals surface area contributed by atoms with Crippen molar-refractivity contribution in [3.8, 4) is 0 Å². The van der Waals surface area contributed by atoms with E-state index in [1.165, 1.54) is 5.69 Å². The molecule has 3 aromatic rings. The van der Waals surface area contributed by atoms with E-state index in [0.717, 1.165) is 27.7 Å².